The third-order valence-corrected chi connectivity index (χ3v) is 0.671. The highest BCUT2D eigenvalue weighted by Crippen LogP contribution is 1.88. The van der Waals surface area contributed by atoms with Gasteiger partial charge in [0.05, 0.1) is 0 Å². The molecule has 0 unspecified atom stereocenters. The summed E-state index contributed by atoms with van der Waals surface area (Å²) in [6.07, 6.45) is 1.32. The summed E-state index contributed by atoms with van der Waals surface area (Å²) in [5.41, 5.74) is 0. The molecule has 2 heteroatoms. The van der Waals surface area contributed by atoms with Gasteiger partial charge in [-0.25, -0.2) is 0 Å². The molecule has 4 heavy (non-hydrogen) atoms. The van der Waals surface area contributed by atoms with Crippen molar-refractivity contribution in [2.45, 2.75) is 0 Å². The molecular weight excluding hydrogens is 48.8 g/mol. The van der Waals surface area contributed by atoms with Gasteiger partial charge < -0.3 is 4.81 Å². The molecule has 0 aliphatic carbocycles. The molecular formula is C2H6BN. The van der Waals surface area contributed by atoms with Gasteiger partial charge in [-0.15, -0.1) is 0 Å². The van der Waals surface area contributed by atoms with E-state index in [1.807, 2.05) is 0 Å². The normalized spacial score (nSPS) is 37.8. The summed E-state index contributed by atoms with van der Waals surface area (Å²) >= 11 is 0. The smallest absolute Gasteiger partial charge is 0.216 e. The van der Waals surface area contributed by atoms with Gasteiger partial charge >= 0.3 is 0 Å². The molecule has 0 bridgehead atoms. The van der Waals surface area contributed by atoms with Gasteiger partial charge in [-0.2, -0.15) is 0 Å². The summed E-state index contributed by atoms with van der Waals surface area (Å²) in [7, 11) is 3.43. The molecule has 1 fully saturated rings. The fourth-order valence-corrected chi connectivity index (χ4v) is 0.1000. The highest BCUT2D eigenvalue weighted by molar-refractivity contribution is 6.43. The van der Waals surface area contributed by atoms with Crippen LogP contribution in [0.25, 0.3) is 0 Å². The molecule has 1 aliphatic rings. The maximum atomic E-state index is 2.25. The number of nitrogens with zero attached hydrogens (tertiary/aromatic N) is 1. The zero-order chi connectivity index (χ0) is 2.99. The molecule has 1 nitrogen and oxygen atoms in total. The molecule has 0 spiro atoms. The van der Waals surface area contributed by atoms with Gasteiger partial charge in [-0.1, -0.05) is 0 Å². The molecule has 0 radical (unpaired) electrons. The Hall–Kier alpha value is 0.0249. The van der Waals surface area contributed by atoms with Crippen molar-refractivity contribution in [2.24, 2.45) is 0 Å². The summed E-state index contributed by atoms with van der Waals surface area (Å²) < 4.78 is 0. The summed E-state index contributed by atoms with van der Waals surface area (Å²) in [5, 5.41) is 0. The molecule has 1 atom stereocenters. The van der Waals surface area contributed by atoms with Crippen molar-refractivity contribution in [3.8, 4) is 0 Å². The van der Waals surface area contributed by atoms with Crippen LogP contribution in [0.4, 0.5) is 0 Å². The van der Waals surface area contributed by atoms with Gasteiger partial charge in [0.2, 0.25) is 7.41 Å². The lowest BCUT2D eigenvalue weighted by Gasteiger charge is -1.68. The minimum atomic E-state index is 1.32. The van der Waals surface area contributed by atoms with E-state index in [1.165, 1.54) is 13.9 Å². The van der Waals surface area contributed by atoms with Crippen LogP contribution in [0.15, 0.2) is 0 Å². The summed E-state index contributed by atoms with van der Waals surface area (Å²) in [5.74, 6) is 0. The van der Waals surface area contributed by atoms with Crippen LogP contribution in [0.1, 0.15) is 0 Å². The summed E-state index contributed by atoms with van der Waals surface area (Å²) in [6, 6.07) is 0. The molecule has 0 saturated carbocycles. The minimum Gasteiger partial charge on any atom is -0.352 e. The topological polar surface area (TPSA) is 3.01 Å². The molecule has 0 aromatic carbocycles. The van der Waals surface area contributed by atoms with E-state index in [9.17, 15) is 0 Å². The lowest BCUT2D eigenvalue weighted by Crippen LogP contribution is -1.77. The maximum Gasteiger partial charge on any atom is 0.216 e. The van der Waals surface area contributed by atoms with Crippen molar-refractivity contribution < 1.29 is 0 Å². The van der Waals surface area contributed by atoms with Crippen molar-refractivity contribution >= 4 is 7.41 Å². The lowest BCUT2D eigenvalue weighted by molar-refractivity contribution is 0.774. The largest absolute Gasteiger partial charge is 0.352 e. The van der Waals surface area contributed by atoms with Gasteiger partial charge in [-0.3, -0.25) is 0 Å². The van der Waals surface area contributed by atoms with Crippen LogP contribution in [0, 0.1) is 0 Å². The van der Waals surface area contributed by atoms with Crippen molar-refractivity contribution in [3.63, 3.8) is 0 Å². The third-order valence-electron chi connectivity index (χ3n) is 0.671. The first-order chi connectivity index (χ1) is 1.89. The third kappa shape index (κ3) is 0.232. The van der Waals surface area contributed by atoms with Crippen LogP contribution in [-0.2, 0) is 0 Å². The molecule has 1 rings (SSSR count). The van der Waals surface area contributed by atoms with Crippen molar-refractivity contribution in [1.82, 2.24) is 4.81 Å². The number of hydrogen-bond donors (Lipinski definition) is 0. The van der Waals surface area contributed by atoms with E-state index in [4.69, 9.17) is 0 Å². The molecule has 1 aliphatic heterocycles. The zero-order valence-electron chi connectivity index (χ0n) is 2.86. The van der Waals surface area contributed by atoms with Crippen LogP contribution in [0.2, 0.25) is 0 Å². The predicted octanol–water partition coefficient (Wildman–Crippen LogP) is -0.759. The van der Waals surface area contributed by atoms with Crippen LogP contribution >= 0.6 is 0 Å². The Bertz CT molecular complexity index is 25.2. The van der Waals surface area contributed by atoms with Crippen LogP contribution in [0.5, 0.6) is 0 Å². The Morgan fingerprint density at radius 3 is 2.25 bits per heavy atom. The molecule has 22 valence electrons. The van der Waals surface area contributed by atoms with Crippen LogP contribution in [0.3, 0.4) is 0 Å². The first-order valence-electron chi connectivity index (χ1n) is 1.58. The number of rotatable bonds is 0. The second-order valence-electron chi connectivity index (χ2n) is 1.30. The Morgan fingerprint density at radius 1 is 2.00 bits per heavy atom. The monoisotopic (exact) mass is 55.1 g/mol. The van der Waals surface area contributed by atoms with Gasteiger partial charge in [-0.05, 0) is 13.5 Å². The molecule has 0 aromatic rings. The average molecular weight is 54.9 g/mol. The Kier molecular flexibility index (Phi) is 0.279. The van der Waals surface area contributed by atoms with Crippen molar-refractivity contribution in [2.75, 3.05) is 13.5 Å². The Labute approximate surface area is 26.9 Å². The minimum absolute atomic E-state index is 1.32. The number of hydrogen-bond acceptors (Lipinski definition) is 1. The van der Waals surface area contributed by atoms with Gasteiger partial charge in [0.25, 0.3) is 0 Å². The van der Waals surface area contributed by atoms with E-state index in [0.717, 1.165) is 0 Å². The van der Waals surface area contributed by atoms with Crippen LogP contribution in [-0.4, -0.2) is 25.7 Å². The van der Waals surface area contributed by atoms with Gasteiger partial charge in [0, 0.05) is 0 Å². The highest BCUT2D eigenvalue weighted by Gasteiger charge is 2.11. The van der Waals surface area contributed by atoms with E-state index in [2.05, 4.69) is 11.9 Å². The summed E-state index contributed by atoms with van der Waals surface area (Å²) in [4.78, 5) is 2.25. The fraction of sp³-hybridized carbons (Fsp3) is 1.00. The SMILES string of the molecule is C[N@@]1BC1. The maximum absolute atomic E-state index is 2.25. The van der Waals surface area contributed by atoms with E-state index < -0.39 is 0 Å². The molecule has 0 N–H and O–H groups in total. The Morgan fingerprint density at radius 2 is 2.25 bits per heavy atom. The zero-order valence-corrected chi connectivity index (χ0v) is 2.86. The standard InChI is InChI=1S/C2H6BN/c1-4-2-3-4/h3H,2H2,1H3/t4-/m1/s1. The quantitative estimate of drug-likeness (QED) is 0.260. The van der Waals surface area contributed by atoms with Crippen molar-refractivity contribution in [1.29, 1.82) is 0 Å². The molecule has 1 saturated heterocycles. The average Bonchev–Trinajstić information content (AvgIpc) is 1.75. The second-order valence-corrected chi connectivity index (χ2v) is 1.30. The van der Waals surface area contributed by atoms with E-state index in [-0.39, 0.29) is 0 Å². The molecule has 0 amide bonds. The van der Waals surface area contributed by atoms with Crippen molar-refractivity contribution in [3.05, 3.63) is 0 Å². The first kappa shape index (κ1) is 2.27. The second kappa shape index (κ2) is 0.491. The lowest BCUT2D eigenvalue weighted by atomic mass is 10.2. The summed E-state index contributed by atoms with van der Waals surface area (Å²) in [6.45, 7) is 0. The fourth-order valence-electron chi connectivity index (χ4n) is 0.1000. The first-order valence-corrected chi connectivity index (χ1v) is 1.58. The predicted molar refractivity (Wildman–Crippen MR) is 19.8 cm³/mol. The van der Waals surface area contributed by atoms with E-state index >= 15 is 0 Å². The van der Waals surface area contributed by atoms with Gasteiger partial charge in [0.1, 0.15) is 0 Å². The molecule has 0 aromatic heterocycles. The van der Waals surface area contributed by atoms with E-state index in [0.29, 0.717) is 0 Å². The van der Waals surface area contributed by atoms with Gasteiger partial charge in [0.15, 0.2) is 0 Å². The highest BCUT2D eigenvalue weighted by atomic mass is 15.1. The van der Waals surface area contributed by atoms with E-state index in [1.54, 1.807) is 0 Å². The van der Waals surface area contributed by atoms with Crippen LogP contribution < -0.4 is 0 Å². The molecule has 1 heterocycles. The Balaban J connectivity index is 2.17.